The van der Waals surface area contributed by atoms with Crippen LogP contribution in [0.2, 0.25) is 0 Å². The molecule has 36 heavy (non-hydrogen) atoms. The Morgan fingerprint density at radius 1 is 1.03 bits per heavy atom. The molecule has 0 aromatic heterocycles. The second-order valence-corrected chi connectivity index (χ2v) is 9.87. The third kappa shape index (κ3) is 4.60. The van der Waals surface area contributed by atoms with Gasteiger partial charge in [-0.2, -0.15) is 0 Å². The molecule has 0 spiro atoms. The van der Waals surface area contributed by atoms with Gasteiger partial charge in [0.1, 0.15) is 11.6 Å². The van der Waals surface area contributed by atoms with Gasteiger partial charge in [0.15, 0.2) is 0 Å². The van der Waals surface area contributed by atoms with Crippen molar-refractivity contribution in [2.45, 2.75) is 38.3 Å². The predicted octanol–water partition coefficient (Wildman–Crippen LogP) is 5.57. The normalized spacial score (nSPS) is 21.8. The van der Waals surface area contributed by atoms with Crippen molar-refractivity contribution >= 4 is 11.8 Å². The van der Waals surface area contributed by atoms with Crippen LogP contribution in [0.4, 0.5) is 4.39 Å². The summed E-state index contributed by atoms with van der Waals surface area (Å²) in [6, 6.07) is 20.7. The number of methoxy groups -OCH3 is 1. The van der Waals surface area contributed by atoms with Crippen LogP contribution in [0.15, 0.2) is 72.8 Å². The van der Waals surface area contributed by atoms with Crippen molar-refractivity contribution in [1.82, 2.24) is 9.80 Å². The van der Waals surface area contributed by atoms with E-state index in [-0.39, 0.29) is 24.2 Å². The van der Waals surface area contributed by atoms with E-state index in [1.165, 1.54) is 12.1 Å². The number of likely N-dealkylation sites (tertiary alicyclic amines) is 1. The van der Waals surface area contributed by atoms with Crippen LogP contribution in [0, 0.1) is 11.7 Å². The molecule has 2 heterocycles. The Kier molecular flexibility index (Phi) is 6.77. The van der Waals surface area contributed by atoms with Crippen LogP contribution in [0.5, 0.6) is 5.75 Å². The Hall–Kier alpha value is -3.67. The lowest BCUT2D eigenvalue weighted by Crippen LogP contribution is -2.49. The number of benzene rings is 3. The fraction of sp³-hybridized carbons (Fsp3) is 0.333. The standard InChI is InChI=1S/C30H31FN2O3/c1-20-6-5-17-32(18-20)30(35)27-25-7-3-4-8-26(25)29(34)33(19-21-9-13-23(31)14-10-21)28(27)22-11-15-24(36-2)16-12-22/h3-4,7-16,20,27-28H,5-6,17-19H2,1-2H3/t20-,27-,28+/m0/s1. The van der Waals surface area contributed by atoms with Gasteiger partial charge >= 0.3 is 0 Å². The minimum absolute atomic E-state index is 0.0476. The summed E-state index contributed by atoms with van der Waals surface area (Å²) in [5, 5.41) is 0. The van der Waals surface area contributed by atoms with Crippen LogP contribution in [-0.2, 0) is 11.3 Å². The third-order valence-electron chi connectivity index (χ3n) is 7.40. The quantitative estimate of drug-likeness (QED) is 0.474. The number of carbonyl (C=O) groups excluding carboxylic acids is 2. The number of piperidine rings is 1. The first-order chi connectivity index (χ1) is 17.5. The van der Waals surface area contributed by atoms with E-state index in [0.717, 1.165) is 42.6 Å². The van der Waals surface area contributed by atoms with E-state index in [1.807, 2.05) is 47.4 Å². The van der Waals surface area contributed by atoms with Gasteiger partial charge in [-0.25, -0.2) is 4.39 Å². The molecule has 2 aliphatic rings. The highest BCUT2D eigenvalue weighted by atomic mass is 19.1. The number of ether oxygens (including phenoxy) is 1. The fourth-order valence-electron chi connectivity index (χ4n) is 5.58. The lowest BCUT2D eigenvalue weighted by atomic mass is 9.78. The number of amides is 2. The first-order valence-corrected chi connectivity index (χ1v) is 12.5. The number of rotatable bonds is 5. The van der Waals surface area contributed by atoms with Crippen LogP contribution in [0.1, 0.15) is 58.8 Å². The van der Waals surface area contributed by atoms with Crippen molar-refractivity contribution in [2.75, 3.05) is 20.2 Å². The van der Waals surface area contributed by atoms with Gasteiger partial charge in [0.2, 0.25) is 5.91 Å². The summed E-state index contributed by atoms with van der Waals surface area (Å²) in [7, 11) is 1.61. The Labute approximate surface area is 211 Å². The monoisotopic (exact) mass is 486 g/mol. The molecule has 186 valence electrons. The smallest absolute Gasteiger partial charge is 0.255 e. The summed E-state index contributed by atoms with van der Waals surface area (Å²) in [6.45, 7) is 3.89. The summed E-state index contributed by atoms with van der Waals surface area (Å²) < 4.78 is 19.0. The molecule has 0 saturated carbocycles. The first kappa shape index (κ1) is 24.0. The van der Waals surface area contributed by atoms with Crippen LogP contribution in [-0.4, -0.2) is 41.8 Å². The van der Waals surface area contributed by atoms with E-state index in [2.05, 4.69) is 6.92 Å². The Morgan fingerprint density at radius 2 is 1.75 bits per heavy atom. The van der Waals surface area contributed by atoms with E-state index >= 15 is 0 Å². The molecular weight excluding hydrogens is 455 g/mol. The average Bonchev–Trinajstić information content (AvgIpc) is 2.91. The lowest BCUT2D eigenvalue weighted by Gasteiger charge is -2.44. The van der Waals surface area contributed by atoms with Crippen molar-refractivity contribution in [3.8, 4) is 5.75 Å². The molecule has 0 N–H and O–H groups in total. The molecule has 5 rings (SSSR count). The molecule has 3 aromatic carbocycles. The van der Waals surface area contributed by atoms with Crippen molar-refractivity contribution in [3.63, 3.8) is 0 Å². The van der Waals surface area contributed by atoms with Crippen LogP contribution >= 0.6 is 0 Å². The zero-order valence-electron chi connectivity index (χ0n) is 20.7. The maximum atomic E-state index is 14.2. The third-order valence-corrected chi connectivity index (χ3v) is 7.40. The summed E-state index contributed by atoms with van der Waals surface area (Å²) in [6.07, 6.45) is 2.09. The molecular formula is C30H31FN2O3. The molecule has 0 bridgehead atoms. The van der Waals surface area contributed by atoms with Gasteiger partial charge in [0, 0.05) is 25.2 Å². The number of halogens is 1. The number of carbonyl (C=O) groups is 2. The van der Waals surface area contributed by atoms with Gasteiger partial charge in [0.25, 0.3) is 5.91 Å². The molecule has 1 saturated heterocycles. The van der Waals surface area contributed by atoms with Gasteiger partial charge in [-0.15, -0.1) is 0 Å². The lowest BCUT2D eigenvalue weighted by molar-refractivity contribution is -0.136. The molecule has 1 fully saturated rings. The summed E-state index contributed by atoms with van der Waals surface area (Å²) >= 11 is 0. The maximum absolute atomic E-state index is 14.2. The maximum Gasteiger partial charge on any atom is 0.255 e. The topological polar surface area (TPSA) is 49.9 Å². The molecule has 2 aliphatic heterocycles. The van der Waals surface area contributed by atoms with Crippen molar-refractivity contribution in [1.29, 1.82) is 0 Å². The molecule has 0 unspecified atom stereocenters. The molecule has 6 heteroatoms. The van der Waals surface area contributed by atoms with Crippen LogP contribution in [0.3, 0.4) is 0 Å². The SMILES string of the molecule is COc1ccc([C@@H]2[C@@H](C(=O)N3CCC[C@H](C)C3)c3ccccc3C(=O)N2Cc2ccc(F)cc2)cc1. The second-order valence-electron chi connectivity index (χ2n) is 9.87. The zero-order chi connectivity index (χ0) is 25.2. The van der Waals surface area contributed by atoms with Crippen LogP contribution < -0.4 is 4.74 Å². The Bertz CT molecular complexity index is 1240. The van der Waals surface area contributed by atoms with Gasteiger partial charge in [-0.05, 0) is 65.8 Å². The van der Waals surface area contributed by atoms with Gasteiger partial charge in [-0.3, -0.25) is 9.59 Å². The number of fused-ring (bicyclic) bond motifs is 1. The average molecular weight is 487 g/mol. The molecule has 0 radical (unpaired) electrons. The number of hydrogen-bond acceptors (Lipinski definition) is 3. The highest BCUT2D eigenvalue weighted by molar-refractivity contribution is 6.01. The summed E-state index contributed by atoms with van der Waals surface area (Å²) in [5.74, 6) is 0.196. The zero-order valence-corrected chi connectivity index (χ0v) is 20.7. The molecule has 2 amide bonds. The number of hydrogen-bond donors (Lipinski definition) is 0. The van der Waals surface area contributed by atoms with E-state index in [1.54, 1.807) is 30.2 Å². The van der Waals surface area contributed by atoms with Crippen LogP contribution in [0.25, 0.3) is 0 Å². The number of nitrogens with zero attached hydrogens (tertiary/aromatic N) is 2. The Morgan fingerprint density at radius 3 is 2.44 bits per heavy atom. The highest BCUT2D eigenvalue weighted by Gasteiger charge is 2.45. The minimum atomic E-state index is -0.543. The van der Waals surface area contributed by atoms with Crippen molar-refractivity contribution in [3.05, 3.63) is 101 Å². The molecule has 0 aliphatic carbocycles. The van der Waals surface area contributed by atoms with E-state index in [4.69, 9.17) is 4.74 Å². The molecule has 3 aromatic rings. The van der Waals surface area contributed by atoms with Gasteiger partial charge < -0.3 is 14.5 Å². The largest absolute Gasteiger partial charge is 0.497 e. The summed E-state index contributed by atoms with van der Waals surface area (Å²) in [4.78, 5) is 31.9. The van der Waals surface area contributed by atoms with Gasteiger partial charge in [-0.1, -0.05) is 49.4 Å². The predicted molar refractivity (Wildman–Crippen MR) is 136 cm³/mol. The summed E-state index contributed by atoms with van der Waals surface area (Å²) in [5.41, 5.74) is 2.99. The van der Waals surface area contributed by atoms with E-state index in [0.29, 0.717) is 17.2 Å². The molecule has 3 atom stereocenters. The minimum Gasteiger partial charge on any atom is -0.497 e. The highest BCUT2D eigenvalue weighted by Crippen LogP contribution is 2.45. The second kappa shape index (κ2) is 10.1. The van der Waals surface area contributed by atoms with Crippen molar-refractivity contribution in [2.24, 2.45) is 5.92 Å². The van der Waals surface area contributed by atoms with Crippen molar-refractivity contribution < 1.29 is 18.7 Å². The fourth-order valence-corrected chi connectivity index (χ4v) is 5.58. The Balaban J connectivity index is 1.64. The van der Waals surface area contributed by atoms with E-state index < -0.39 is 12.0 Å². The first-order valence-electron chi connectivity index (χ1n) is 12.5. The van der Waals surface area contributed by atoms with Gasteiger partial charge in [0.05, 0.1) is 19.1 Å². The van der Waals surface area contributed by atoms with E-state index in [9.17, 15) is 14.0 Å². The molecule has 5 nitrogen and oxygen atoms in total.